The quantitative estimate of drug-likeness (QED) is 0.705. The first kappa shape index (κ1) is 19.5. The highest BCUT2D eigenvalue weighted by Crippen LogP contribution is 2.24. The van der Waals surface area contributed by atoms with Gasteiger partial charge in [-0.2, -0.15) is 10.1 Å². The molecule has 0 radical (unpaired) electrons. The summed E-state index contributed by atoms with van der Waals surface area (Å²) in [7, 11) is -3.23. The first-order valence-corrected chi connectivity index (χ1v) is 10.3. The Bertz CT molecular complexity index is 1010. The van der Waals surface area contributed by atoms with Crippen molar-refractivity contribution >= 4 is 22.2 Å². The Morgan fingerprint density at radius 2 is 2.00 bits per heavy atom. The highest BCUT2D eigenvalue weighted by molar-refractivity contribution is 7.90. The van der Waals surface area contributed by atoms with Crippen LogP contribution in [-0.2, 0) is 9.84 Å². The Labute approximate surface area is 163 Å². The maximum atomic E-state index is 11.5. The molecule has 0 saturated carbocycles. The summed E-state index contributed by atoms with van der Waals surface area (Å²) in [4.78, 5) is 4.64. The van der Waals surface area contributed by atoms with Crippen LogP contribution in [0.2, 0.25) is 0 Å². The van der Waals surface area contributed by atoms with Gasteiger partial charge in [-0.05, 0) is 49.7 Å². The van der Waals surface area contributed by atoms with Crippen molar-refractivity contribution in [2.24, 2.45) is 0 Å². The average Bonchev–Trinajstić information content (AvgIpc) is 3.31. The molecule has 27 heavy (non-hydrogen) atoms. The molecule has 1 unspecified atom stereocenters. The number of halogens is 1. The molecule has 1 atom stereocenters. The van der Waals surface area contributed by atoms with Gasteiger partial charge in [0.25, 0.3) is 5.89 Å². The van der Waals surface area contributed by atoms with Gasteiger partial charge in [0.2, 0.25) is 5.82 Å². The molecule has 1 aliphatic heterocycles. The summed E-state index contributed by atoms with van der Waals surface area (Å²) in [5.74, 6) is 0.739. The minimum atomic E-state index is -3.23. The van der Waals surface area contributed by atoms with E-state index in [0.29, 0.717) is 29.0 Å². The third-order valence-corrected chi connectivity index (χ3v) is 5.57. The molecule has 8 nitrogen and oxygen atoms in total. The fourth-order valence-corrected chi connectivity index (χ4v) is 3.64. The molecule has 2 aromatic heterocycles. The lowest BCUT2D eigenvalue weighted by Gasteiger charge is -2.22. The van der Waals surface area contributed by atoms with Crippen LogP contribution in [0.5, 0.6) is 0 Å². The van der Waals surface area contributed by atoms with Crippen LogP contribution in [0.1, 0.15) is 18.9 Å². The van der Waals surface area contributed by atoms with E-state index in [1.807, 2.05) is 16.9 Å². The molecule has 10 heteroatoms. The lowest BCUT2D eigenvalue weighted by molar-refractivity contribution is 0.346. The van der Waals surface area contributed by atoms with E-state index in [9.17, 15) is 8.42 Å². The van der Waals surface area contributed by atoms with Crippen molar-refractivity contribution in [3.63, 3.8) is 0 Å². The van der Waals surface area contributed by atoms with Crippen LogP contribution in [-0.4, -0.2) is 47.7 Å². The molecular formula is C17H20ClN5O3S. The van der Waals surface area contributed by atoms with E-state index in [4.69, 9.17) is 4.52 Å². The van der Waals surface area contributed by atoms with E-state index in [0.717, 1.165) is 25.9 Å². The van der Waals surface area contributed by atoms with Crippen LogP contribution in [0.3, 0.4) is 0 Å². The summed E-state index contributed by atoms with van der Waals surface area (Å²) < 4.78 is 30.3. The Kier molecular flexibility index (Phi) is 5.64. The molecule has 3 aromatic rings. The number of aromatic nitrogens is 4. The summed E-state index contributed by atoms with van der Waals surface area (Å²) in [6.07, 6.45) is 5.33. The van der Waals surface area contributed by atoms with Crippen LogP contribution >= 0.6 is 12.4 Å². The first-order valence-electron chi connectivity index (χ1n) is 8.41. The van der Waals surface area contributed by atoms with E-state index < -0.39 is 9.84 Å². The number of sulfone groups is 1. The van der Waals surface area contributed by atoms with Gasteiger partial charge in [-0.25, -0.2) is 8.42 Å². The van der Waals surface area contributed by atoms with Crippen LogP contribution in [0, 0.1) is 0 Å². The third kappa shape index (κ3) is 4.20. The zero-order chi connectivity index (χ0) is 18.1. The summed E-state index contributed by atoms with van der Waals surface area (Å²) in [5, 5.41) is 11.9. The molecule has 0 spiro atoms. The standard InChI is InChI=1S/C17H19N5O3S.ClH/c1-26(23,24)14-6-4-12(5-7-14)16-19-17(25-21-16)15-8-10-22(20-15)13-3-2-9-18-11-13;/h4-8,10,13,18H,2-3,9,11H2,1H3;1H. The predicted molar refractivity (Wildman–Crippen MR) is 102 cm³/mol. The molecule has 1 N–H and O–H groups in total. The van der Waals surface area contributed by atoms with Gasteiger partial charge in [0, 0.05) is 24.6 Å². The van der Waals surface area contributed by atoms with E-state index in [2.05, 4.69) is 20.6 Å². The van der Waals surface area contributed by atoms with Crippen molar-refractivity contribution < 1.29 is 12.9 Å². The zero-order valence-electron chi connectivity index (χ0n) is 14.7. The topological polar surface area (TPSA) is 103 Å². The van der Waals surface area contributed by atoms with E-state index >= 15 is 0 Å². The molecule has 0 bridgehead atoms. The van der Waals surface area contributed by atoms with Gasteiger partial charge in [0.1, 0.15) is 0 Å². The first-order chi connectivity index (χ1) is 12.5. The number of nitrogens with one attached hydrogen (secondary N) is 1. The number of rotatable bonds is 4. The molecule has 1 aliphatic rings. The Morgan fingerprint density at radius 3 is 2.67 bits per heavy atom. The zero-order valence-corrected chi connectivity index (χ0v) is 16.3. The minimum Gasteiger partial charge on any atom is -0.332 e. The Hall–Kier alpha value is -2.23. The highest BCUT2D eigenvalue weighted by atomic mass is 35.5. The lowest BCUT2D eigenvalue weighted by atomic mass is 10.1. The second-order valence-electron chi connectivity index (χ2n) is 6.40. The van der Waals surface area contributed by atoms with Crippen molar-refractivity contribution in [1.82, 2.24) is 25.2 Å². The summed E-state index contributed by atoms with van der Waals surface area (Å²) >= 11 is 0. The van der Waals surface area contributed by atoms with Crippen LogP contribution in [0.25, 0.3) is 23.0 Å². The van der Waals surface area contributed by atoms with Crippen molar-refractivity contribution in [3.05, 3.63) is 36.5 Å². The van der Waals surface area contributed by atoms with E-state index in [1.165, 1.54) is 18.4 Å². The largest absolute Gasteiger partial charge is 0.332 e. The fourth-order valence-electron chi connectivity index (χ4n) is 3.01. The van der Waals surface area contributed by atoms with Crippen LogP contribution in [0.15, 0.2) is 45.9 Å². The third-order valence-electron chi connectivity index (χ3n) is 4.44. The predicted octanol–water partition coefficient (Wildman–Crippen LogP) is 2.35. The monoisotopic (exact) mass is 409 g/mol. The van der Waals surface area contributed by atoms with Crippen LogP contribution in [0.4, 0.5) is 0 Å². The second kappa shape index (κ2) is 7.79. The molecule has 1 saturated heterocycles. The summed E-state index contributed by atoms with van der Waals surface area (Å²) in [6, 6.07) is 8.59. The van der Waals surface area contributed by atoms with Crippen molar-refractivity contribution in [1.29, 1.82) is 0 Å². The van der Waals surface area contributed by atoms with Crippen molar-refractivity contribution in [2.45, 2.75) is 23.8 Å². The molecule has 0 aliphatic carbocycles. The fraction of sp³-hybridized carbons (Fsp3) is 0.353. The van der Waals surface area contributed by atoms with Gasteiger partial charge >= 0.3 is 0 Å². The van der Waals surface area contributed by atoms with Gasteiger partial charge in [-0.15, -0.1) is 12.4 Å². The van der Waals surface area contributed by atoms with E-state index in [-0.39, 0.29) is 17.3 Å². The van der Waals surface area contributed by atoms with Crippen molar-refractivity contribution in [3.8, 4) is 23.0 Å². The van der Waals surface area contributed by atoms with Gasteiger partial charge in [0.15, 0.2) is 15.5 Å². The molecule has 144 valence electrons. The summed E-state index contributed by atoms with van der Waals surface area (Å²) in [5.41, 5.74) is 1.31. The average molecular weight is 410 g/mol. The lowest BCUT2D eigenvalue weighted by Crippen LogP contribution is -2.31. The number of piperidine rings is 1. The highest BCUT2D eigenvalue weighted by Gasteiger charge is 2.18. The van der Waals surface area contributed by atoms with Crippen molar-refractivity contribution in [2.75, 3.05) is 19.3 Å². The number of nitrogens with zero attached hydrogens (tertiary/aromatic N) is 4. The second-order valence-corrected chi connectivity index (χ2v) is 8.42. The molecule has 3 heterocycles. The molecule has 0 amide bonds. The Balaban J connectivity index is 0.00000210. The number of benzene rings is 1. The molecule has 4 rings (SSSR count). The smallest absolute Gasteiger partial charge is 0.278 e. The van der Waals surface area contributed by atoms with Gasteiger partial charge in [0.05, 0.1) is 10.9 Å². The van der Waals surface area contributed by atoms with Gasteiger partial charge in [-0.3, -0.25) is 4.68 Å². The van der Waals surface area contributed by atoms with Gasteiger partial charge < -0.3 is 9.84 Å². The van der Waals surface area contributed by atoms with Gasteiger partial charge in [-0.1, -0.05) is 5.16 Å². The molecular weight excluding hydrogens is 390 g/mol. The molecule has 1 fully saturated rings. The Morgan fingerprint density at radius 1 is 1.22 bits per heavy atom. The van der Waals surface area contributed by atoms with E-state index in [1.54, 1.807) is 12.1 Å². The van der Waals surface area contributed by atoms with Crippen LogP contribution < -0.4 is 5.32 Å². The SMILES string of the molecule is CS(=O)(=O)c1ccc(-c2noc(-c3ccn(C4CCCNC4)n3)n2)cc1.Cl. The number of hydrogen-bond acceptors (Lipinski definition) is 7. The molecule has 1 aromatic carbocycles. The number of hydrogen-bond donors (Lipinski definition) is 1. The normalized spacial score (nSPS) is 17.4. The summed E-state index contributed by atoms with van der Waals surface area (Å²) in [6.45, 7) is 1.96. The maximum absolute atomic E-state index is 11.5. The minimum absolute atomic E-state index is 0. The maximum Gasteiger partial charge on any atom is 0.278 e.